The molecule has 2 aliphatic heterocycles. The number of fused-ring (bicyclic) bond motifs is 1. The summed E-state index contributed by atoms with van der Waals surface area (Å²) in [6.07, 6.45) is 2.52. The number of esters is 1. The summed E-state index contributed by atoms with van der Waals surface area (Å²) >= 11 is 1.44. The van der Waals surface area contributed by atoms with Crippen molar-refractivity contribution in [2.45, 2.75) is 32.2 Å². The highest BCUT2D eigenvalue weighted by Crippen LogP contribution is 2.46. The third kappa shape index (κ3) is 5.82. The Kier molecular flexibility index (Phi) is 8.02. The maximum Gasteiger partial charge on any atom is 0.338 e. The molecular formula is C25H31N3O6S. The zero-order valence-electron chi connectivity index (χ0n) is 20.5. The lowest BCUT2D eigenvalue weighted by atomic mass is 9.93. The van der Waals surface area contributed by atoms with Gasteiger partial charge in [0, 0.05) is 25.4 Å². The molecule has 1 aromatic carbocycles. The maximum absolute atomic E-state index is 13.3. The molecule has 1 unspecified atom stereocenters. The number of benzene rings is 1. The van der Waals surface area contributed by atoms with E-state index in [1.54, 1.807) is 34.3 Å². The molecule has 1 amide bonds. The first-order chi connectivity index (χ1) is 16.9. The van der Waals surface area contributed by atoms with Gasteiger partial charge in [0.25, 0.3) is 0 Å². The number of nitrogens with one attached hydrogen (secondary N) is 1. The zero-order valence-corrected chi connectivity index (χ0v) is 21.3. The van der Waals surface area contributed by atoms with E-state index in [9.17, 15) is 9.59 Å². The molecule has 3 aliphatic rings. The quantitative estimate of drug-likeness (QED) is 0.364. The van der Waals surface area contributed by atoms with Gasteiger partial charge in [-0.15, -0.1) is 0 Å². The molecule has 0 spiro atoms. The van der Waals surface area contributed by atoms with E-state index in [-0.39, 0.29) is 25.5 Å². The average Bonchev–Trinajstić information content (AvgIpc) is 3.61. The summed E-state index contributed by atoms with van der Waals surface area (Å²) in [4.78, 5) is 32.6. The van der Waals surface area contributed by atoms with Crippen molar-refractivity contribution in [1.29, 1.82) is 0 Å². The first-order valence-electron chi connectivity index (χ1n) is 11.5. The molecule has 1 N–H and O–H groups in total. The van der Waals surface area contributed by atoms with Crippen LogP contribution in [0.5, 0.6) is 11.5 Å². The predicted octanol–water partition coefficient (Wildman–Crippen LogP) is 3.38. The van der Waals surface area contributed by atoms with Crippen molar-refractivity contribution in [1.82, 2.24) is 10.2 Å². The van der Waals surface area contributed by atoms with E-state index < -0.39 is 12.0 Å². The summed E-state index contributed by atoms with van der Waals surface area (Å²) in [6.45, 7) is 2.91. The minimum Gasteiger partial charge on any atom is -0.497 e. The number of amides is 1. The first-order valence-corrected chi connectivity index (χ1v) is 12.4. The Morgan fingerprint density at radius 1 is 1.11 bits per heavy atom. The van der Waals surface area contributed by atoms with Gasteiger partial charge in [-0.2, -0.15) is 0 Å². The minimum absolute atomic E-state index is 0.0533. The highest BCUT2D eigenvalue weighted by atomic mass is 32.2. The van der Waals surface area contributed by atoms with Gasteiger partial charge in [-0.25, -0.2) is 9.79 Å². The van der Waals surface area contributed by atoms with Gasteiger partial charge in [-0.05, 0) is 48.8 Å². The fourth-order valence-electron chi connectivity index (χ4n) is 4.04. The second-order valence-electron chi connectivity index (χ2n) is 8.59. The highest BCUT2D eigenvalue weighted by Gasteiger charge is 2.41. The highest BCUT2D eigenvalue weighted by molar-refractivity contribution is 8.16. The van der Waals surface area contributed by atoms with Crippen molar-refractivity contribution in [3.63, 3.8) is 0 Å². The number of carbonyl (C=O) groups excluding carboxylic acids is 2. The third-order valence-corrected chi connectivity index (χ3v) is 6.95. The van der Waals surface area contributed by atoms with E-state index in [4.69, 9.17) is 18.9 Å². The number of allylic oxidation sites excluding steroid dienone is 1. The molecule has 1 fully saturated rings. The van der Waals surface area contributed by atoms with Crippen LogP contribution in [0.15, 0.2) is 45.6 Å². The van der Waals surface area contributed by atoms with Crippen LogP contribution >= 0.6 is 11.8 Å². The SMILES string of the molecule is COCCOC(=O)C1=C(C)N=C2SC=C(CC(=O)NCC3CC3)N2C1c1cc(OC)cc(OC)c1. The third-order valence-electron chi connectivity index (χ3n) is 6.06. The first kappa shape index (κ1) is 25.1. The number of ether oxygens (including phenoxy) is 4. The van der Waals surface area contributed by atoms with Crippen molar-refractivity contribution in [3.8, 4) is 11.5 Å². The minimum atomic E-state index is -0.570. The Morgan fingerprint density at radius 3 is 2.46 bits per heavy atom. The molecule has 2 heterocycles. The summed E-state index contributed by atoms with van der Waals surface area (Å²) in [5.74, 6) is 1.24. The fraction of sp³-hybridized carbons (Fsp3) is 0.480. The Balaban J connectivity index is 1.70. The lowest BCUT2D eigenvalue weighted by Gasteiger charge is -2.36. The molecule has 35 heavy (non-hydrogen) atoms. The largest absolute Gasteiger partial charge is 0.497 e. The molecule has 0 saturated heterocycles. The van der Waals surface area contributed by atoms with Crippen LogP contribution in [0.1, 0.15) is 37.8 Å². The van der Waals surface area contributed by atoms with Crippen molar-refractivity contribution in [2.24, 2.45) is 10.9 Å². The van der Waals surface area contributed by atoms with Crippen LogP contribution in [0, 0.1) is 5.92 Å². The molecule has 10 heteroatoms. The summed E-state index contributed by atoms with van der Waals surface area (Å²) < 4.78 is 21.5. The van der Waals surface area contributed by atoms with Crippen LogP contribution in [-0.4, -0.2) is 63.0 Å². The molecular weight excluding hydrogens is 470 g/mol. The van der Waals surface area contributed by atoms with E-state index in [2.05, 4.69) is 10.3 Å². The van der Waals surface area contributed by atoms with E-state index in [0.717, 1.165) is 11.3 Å². The van der Waals surface area contributed by atoms with Gasteiger partial charge in [-0.3, -0.25) is 4.79 Å². The van der Waals surface area contributed by atoms with Crippen LogP contribution in [0.4, 0.5) is 0 Å². The zero-order chi connectivity index (χ0) is 24.9. The number of rotatable bonds is 11. The molecule has 4 rings (SSSR count). The fourth-order valence-corrected chi connectivity index (χ4v) is 5.00. The topological polar surface area (TPSA) is 98.7 Å². The van der Waals surface area contributed by atoms with Gasteiger partial charge >= 0.3 is 5.97 Å². The molecule has 188 valence electrons. The van der Waals surface area contributed by atoms with Crippen LogP contribution in [0.3, 0.4) is 0 Å². The lowest BCUT2D eigenvalue weighted by molar-refractivity contribution is -0.141. The van der Waals surface area contributed by atoms with Gasteiger partial charge in [0.05, 0.1) is 44.6 Å². The number of methoxy groups -OCH3 is 3. The lowest BCUT2D eigenvalue weighted by Crippen LogP contribution is -2.38. The Hall–Kier alpha value is -2.98. The Labute approximate surface area is 209 Å². The van der Waals surface area contributed by atoms with Gasteiger partial charge in [0.1, 0.15) is 18.1 Å². The second kappa shape index (κ2) is 11.2. The van der Waals surface area contributed by atoms with E-state index in [1.807, 2.05) is 22.4 Å². The molecule has 1 aromatic rings. The predicted molar refractivity (Wildman–Crippen MR) is 133 cm³/mol. The van der Waals surface area contributed by atoms with Crippen molar-refractivity contribution >= 4 is 28.8 Å². The Morgan fingerprint density at radius 2 is 1.83 bits per heavy atom. The van der Waals surface area contributed by atoms with Crippen LogP contribution in [0.2, 0.25) is 0 Å². The van der Waals surface area contributed by atoms with E-state index in [0.29, 0.717) is 40.4 Å². The van der Waals surface area contributed by atoms with Crippen LogP contribution in [-0.2, 0) is 19.1 Å². The number of aliphatic imine (C=N–C) groups is 1. The number of nitrogens with zero attached hydrogens (tertiary/aromatic N) is 2. The van der Waals surface area contributed by atoms with E-state index in [1.165, 1.54) is 24.6 Å². The normalized spacial score (nSPS) is 19.1. The molecule has 0 bridgehead atoms. The summed E-state index contributed by atoms with van der Waals surface area (Å²) in [7, 11) is 4.71. The molecule has 1 atom stereocenters. The number of amidine groups is 1. The maximum atomic E-state index is 13.3. The molecule has 1 saturated carbocycles. The van der Waals surface area contributed by atoms with Crippen molar-refractivity contribution in [2.75, 3.05) is 41.1 Å². The van der Waals surface area contributed by atoms with E-state index >= 15 is 0 Å². The van der Waals surface area contributed by atoms with Crippen molar-refractivity contribution in [3.05, 3.63) is 46.1 Å². The van der Waals surface area contributed by atoms with Crippen molar-refractivity contribution < 1.29 is 28.5 Å². The standard InChI is InChI=1S/C25H31N3O6S/c1-15-22(24(30)34-8-7-31-2)23(17-9-19(32-3)12-20(10-17)33-4)28-18(14-35-25(28)27-15)11-21(29)26-13-16-5-6-16/h9-10,12,14,16,23H,5-8,11,13H2,1-4H3,(H,26,29). The van der Waals surface area contributed by atoms with Gasteiger partial charge < -0.3 is 29.2 Å². The van der Waals surface area contributed by atoms with Crippen LogP contribution < -0.4 is 14.8 Å². The summed E-state index contributed by atoms with van der Waals surface area (Å²) in [5, 5.41) is 5.65. The monoisotopic (exact) mass is 501 g/mol. The molecule has 0 aromatic heterocycles. The smallest absolute Gasteiger partial charge is 0.338 e. The average molecular weight is 502 g/mol. The summed E-state index contributed by atoms with van der Waals surface area (Å²) in [6, 6.07) is 4.92. The summed E-state index contributed by atoms with van der Waals surface area (Å²) in [5.41, 5.74) is 2.49. The molecule has 9 nitrogen and oxygen atoms in total. The van der Waals surface area contributed by atoms with Gasteiger partial charge in [0.2, 0.25) is 5.91 Å². The molecule has 1 aliphatic carbocycles. The number of thioether (sulfide) groups is 1. The Bertz CT molecular complexity index is 1060. The van der Waals surface area contributed by atoms with Gasteiger partial charge in [-0.1, -0.05) is 11.8 Å². The number of carbonyl (C=O) groups is 2. The molecule has 0 radical (unpaired) electrons. The number of hydrogen-bond donors (Lipinski definition) is 1. The van der Waals surface area contributed by atoms with Gasteiger partial charge in [0.15, 0.2) is 5.17 Å². The van der Waals surface area contributed by atoms with Crippen LogP contribution in [0.25, 0.3) is 0 Å². The second-order valence-corrected chi connectivity index (χ2v) is 9.43. The number of hydrogen-bond acceptors (Lipinski definition) is 9.